The molecule has 0 bridgehead atoms. The molecule has 0 fully saturated rings. The lowest BCUT2D eigenvalue weighted by Crippen LogP contribution is -2.08. The van der Waals surface area contributed by atoms with Crippen molar-refractivity contribution in [1.82, 2.24) is 0 Å². The van der Waals surface area contributed by atoms with E-state index in [0.29, 0.717) is 11.1 Å². The average Bonchev–Trinajstić information content (AvgIpc) is 2.73. The molecule has 1 N–H and O–H groups in total. The van der Waals surface area contributed by atoms with Gasteiger partial charge in [0.15, 0.2) is 0 Å². The van der Waals surface area contributed by atoms with Gasteiger partial charge < -0.3 is 5.11 Å². The van der Waals surface area contributed by atoms with Crippen LogP contribution in [-0.4, -0.2) is 5.11 Å². The number of halogens is 3. The van der Waals surface area contributed by atoms with Gasteiger partial charge in [-0.3, -0.25) is 0 Å². The summed E-state index contributed by atoms with van der Waals surface area (Å²) in [6.45, 7) is 3.45. The van der Waals surface area contributed by atoms with Crippen molar-refractivity contribution in [3.8, 4) is 0 Å². The van der Waals surface area contributed by atoms with Crippen molar-refractivity contribution in [2.45, 2.75) is 26.1 Å². The van der Waals surface area contributed by atoms with Crippen LogP contribution in [0.5, 0.6) is 0 Å². The van der Waals surface area contributed by atoms with Gasteiger partial charge in [0.25, 0.3) is 0 Å². The summed E-state index contributed by atoms with van der Waals surface area (Å²) < 4.78 is 37.7. The Morgan fingerprint density at radius 3 is 2.26 bits per heavy atom. The number of aliphatic hydroxyl groups is 1. The smallest absolute Gasteiger partial charge is 0.383 e. The van der Waals surface area contributed by atoms with Crippen LogP contribution in [0.3, 0.4) is 0 Å². The fraction of sp³-hybridized carbons (Fsp3) is 0.286. The van der Waals surface area contributed by atoms with Gasteiger partial charge in [0.2, 0.25) is 0 Å². The zero-order chi connectivity index (χ0) is 14.2. The quantitative estimate of drug-likeness (QED) is 0.864. The minimum Gasteiger partial charge on any atom is -0.383 e. The molecule has 0 saturated heterocycles. The molecule has 0 spiro atoms. The summed E-state index contributed by atoms with van der Waals surface area (Å²) in [6.07, 6.45) is -5.23. The third-order valence-corrected chi connectivity index (χ3v) is 4.11. The van der Waals surface area contributed by atoms with Crippen molar-refractivity contribution < 1.29 is 18.3 Å². The summed E-state index contributed by atoms with van der Waals surface area (Å²) in [5.74, 6) is 0. The van der Waals surface area contributed by atoms with Crippen molar-refractivity contribution in [1.29, 1.82) is 0 Å². The third-order valence-electron chi connectivity index (χ3n) is 3.04. The van der Waals surface area contributed by atoms with Gasteiger partial charge in [-0.15, -0.1) is 11.3 Å². The molecule has 19 heavy (non-hydrogen) atoms. The number of aliphatic hydroxyl groups excluding tert-OH is 1. The van der Waals surface area contributed by atoms with E-state index in [1.807, 2.05) is 18.4 Å². The molecule has 1 aromatic heterocycles. The molecule has 5 heteroatoms. The van der Waals surface area contributed by atoms with Gasteiger partial charge in [-0.25, -0.2) is 0 Å². The number of thiophene rings is 1. The second-order valence-corrected chi connectivity index (χ2v) is 5.39. The normalized spacial score (nSPS) is 13.6. The van der Waals surface area contributed by atoms with Crippen LogP contribution in [0.1, 0.15) is 33.2 Å². The van der Waals surface area contributed by atoms with Crippen LogP contribution >= 0.6 is 11.3 Å². The Labute approximate surface area is 113 Å². The van der Waals surface area contributed by atoms with Gasteiger partial charge in [-0.1, -0.05) is 6.07 Å². The first kappa shape index (κ1) is 14.1. The van der Waals surface area contributed by atoms with Crippen LogP contribution in [0.4, 0.5) is 13.2 Å². The second-order valence-electron chi connectivity index (χ2n) is 4.44. The third kappa shape index (κ3) is 2.82. The van der Waals surface area contributed by atoms with Crippen LogP contribution in [-0.2, 0) is 6.18 Å². The lowest BCUT2D eigenvalue weighted by Gasteiger charge is -2.15. The second kappa shape index (κ2) is 4.98. The van der Waals surface area contributed by atoms with Crippen LogP contribution in [0.2, 0.25) is 0 Å². The minimum atomic E-state index is -4.35. The molecule has 0 aliphatic heterocycles. The minimum absolute atomic E-state index is 0.440. The standard InChI is InChI=1S/C14H13F3OS/c1-8-5-6-19-13(8)12(18)11-4-3-10(7-9(11)2)14(15,16)17/h3-7,12,18H,1-2H3. The predicted octanol–water partition coefficient (Wildman–Crippen LogP) is 4.47. The summed E-state index contributed by atoms with van der Waals surface area (Å²) in [4.78, 5) is 0.767. The maximum atomic E-state index is 12.6. The van der Waals surface area contributed by atoms with E-state index in [2.05, 4.69) is 0 Å². The van der Waals surface area contributed by atoms with E-state index in [1.54, 1.807) is 6.92 Å². The van der Waals surface area contributed by atoms with Gasteiger partial charge in [-0.05, 0) is 54.1 Å². The van der Waals surface area contributed by atoms with Gasteiger partial charge in [0.05, 0.1) is 5.56 Å². The van der Waals surface area contributed by atoms with E-state index in [-0.39, 0.29) is 0 Å². The Morgan fingerprint density at radius 2 is 1.79 bits per heavy atom. The lowest BCUT2D eigenvalue weighted by atomic mass is 9.98. The summed E-state index contributed by atoms with van der Waals surface area (Å²) in [6, 6.07) is 5.31. The highest BCUT2D eigenvalue weighted by molar-refractivity contribution is 7.10. The van der Waals surface area contributed by atoms with Crippen LogP contribution < -0.4 is 0 Å². The molecule has 1 atom stereocenters. The average molecular weight is 286 g/mol. The SMILES string of the molecule is Cc1cc(C(F)(F)F)ccc1C(O)c1sccc1C. The Hall–Kier alpha value is -1.33. The number of hydrogen-bond donors (Lipinski definition) is 1. The number of hydrogen-bond acceptors (Lipinski definition) is 2. The maximum absolute atomic E-state index is 12.6. The topological polar surface area (TPSA) is 20.2 Å². The first-order valence-corrected chi connectivity index (χ1v) is 6.58. The van der Waals surface area contributed by atoms with Crippen molar-refractivity contribution in [2.24, 2.45) is 0 Å². The van der Waals surface area contributed by atoms with Gasteiger partial charge in [0.1, 0.15) is 6.10 Å². The van der Waals surface area contributed by atoms with Gasteiger partial charge >= 0.3 is 6.18 Å². The van der Waals surface area contributed by atoms with Crippen molar-refractivity contribution in [3.05, 3.63) is 56.8 Å². The molecule has 0 amide bonds. The molecule has 0 saturated carbocycles. The summed E-state index contributed by atoms with van der Waals surface area (Å²) in [5, 5.41) is 12.1. The summed E-state index contributed by atoms with van der Waals surface area (Å²) in [5.41, 5.74) is 1.20. The van der Waals surface area contributed by atoms with E-state index in [0.717, 1.165) is 22.6 Å². The summed E-state index contributed by atoms with van der Waals surface area (Å²) in [7, 11) is 0. The number of rotatable bonds is 2. The molecule has 102 valence electrons. The highest BCUT2D eigenvalue weighted by Gasteiger charge is 2.31. The maximum Gasteiger partial charge on any atom is 0.416 e. The molecular formula is C14H13F3OS. The first-order valence-electron chi connectivity index (χ1n) is 5.70. The highest BCUT2D eigenvalue weighted by atomic mass is 32.1. The largest absolute Gasteiger partial charge is 0.416 e. The zero-order valence-corrected chi connectivity index (χ0v) is 11.3. The molecule has 1 nitrogen and oxygen atoms in total. The van der Waals surface area contributed by atoms with Gasteiger partial charge in [0, 0.05) is 4.88 Å². The summed E-state index contributed by atoms with van der Waals surface area (Å²) >= 11 is 1.40. The van der Waals surface area contributed by atoms with Gasteiger partial charge in [-0.2, -0.15) is 13.2 Å². The van der Waals surface area contributed by atoms with E-state index in [1.165, 1.54) is 17.4 Å². The molecule has 1 aromatic carbocycles. The monoisotopic (exact) mass is 286 g/mol. The van der Waals surface area contributed by atoms with E-state index in [9.17, 15) is 18.3 Å². The van der Waals surface area contributed by atoms with Crippen LogP contribution in [0.15, 0.2) is 29.6 Å². The van der Waals surface area contributed by atoms with Crippen LogP contribution in [0.25, 0.3) is 0 Å². The Morgan fingerprint density at radius 1 is 1.11 bits per heavy atom. The highest BCUT2D eigenvalue weighted by Crippen LogP contribution is 2.35. The Bertz CT molecular complexity index is 587. The predicted molar refractivity (Wildman–Crippen MR) is 69.3 cm³/mol. The van der Waals surface area contributed by atoms with Crippen molar-refractivity contribution in [2.75, 3.05) is 0 Å². The zero-order valence-electron chi connectivity index (χ0n) is 10.5. The molecule has 1 unspecified atom stereocenters. The van der Waals surface area contributed by atoms with E-state index >= 15 is 0 Å². The lowest BCUT2D eigenvalue weighted by molar-refractivity contribution is -0.137. The molecule has 0 radical (unpaired) electrons. The molecule has 0 aliphatic rings. The number of aryl methyl sites for hydroxylation is 2. The van der Waals surface area contributed by atoms with E-state index in [4.69, 9.17) is 0 Å². The Kier molecular flexibility index (Phi) is 3.69. The molecule has 1 heterocycles. The fourth-order valence-electron chi connectivity index (χ4n) is 1.96. The van der Waals surface area contributed by atoms with E-state index < -0.39 is 17.8 Å². The van der Waals surface area contributed by atoms with Crippen molar-refractivity contribution in [3.63, 3.8) is 0 Å². The first-order chi connectivity index (χ1) is 8.80. The molecule has 2 rings (SSSR count). The molecule has 0 aliphatic carbocycles. The number of benzene rings is 1. The molecule has 2 aromatic rings. The number of alkyl halides is 3. The van der Waals surface area contributed by atoms with Crippen molar-refractivity contribution >= 4 is 11.3 Å². The fourth-order valence-corrected chi connectivity index (χ4v) is 2.89. The molecular weight excluding hydrogens is 273 g/mol. The van der Waals surface area contributed by atoms with Crippen LogP contribution in [0, 0.1) is 13.8 Å². The Balaban J connectivity index is 2.39.